The smallest absolute Gasteiger partial charge is 0.408 e. The van der Waals surface area contributed by atoms with Crippen molar-refractivity contribution >= 4 is 18.1 Å². The number of nitrogens with one attached hydrogen (secondary N) is 3. The molecule has 3 N–H and O–H groups in total. The Morgan fingerprint density at radius 2 is 1.46 bits per heavy atom. The molecule has 190 valence electrons. The van der Waals surface area contributed by atoms with E-state index in [1.807, 2.05) is 74.5 Å². The van der Waals surface area contributed by atoms with E-state index < -0.39 is 29.4 Å². The van der Waals surface area contributed by atoms with Crippen LogP contribution in [0, 0.1) is 0 Å². The van der Waals surface area contributed by atoms with Crippen molar-refractivity contribution in [3.8, 4) is 0 Å². The molecule has 2 aromatic rings. The van der Waals surface area contributed by atoms with E-state index in [-0.39, 0.29) is 19.1 Å². The van der Waals surface area contributed by atoms with Crippen LogP contribution in [0.4, 0.5) is 9.59 Å². The number of carbonyl (C=O) groups excluding carboxylic acids is 3. The fourth-order valence-corrected chi connectivity index (χ4v) is 3.31. The minimum Gasteiger partial charge on any atom is -0.445 e. The van der Waals surface area contributed by atoms with E-state index in [9.17, 15) is 14.4 Å². The lowest BCUT2D eigenvalue weighted by Gasteiger charge is -2.30. The number of hydrogen-bond acceptors (Lipinski definition) is 5. The van der Waals surface area contributed by atoms with Crippen LogP contribution in [0.15, 0.2) is 60.7 Å². The highest BCUT2D eigenvalue weighted by atomic mass is 16.6. The lowest BCUT2D eigenvalue weighted by atomic mass is 9.93. The number of rotatable bonds is 10. The van der Waals surface area contributed by atoms with Crippen molar-refractivity contribution in [2.45, 2.75) is 71.2 Å². The summed E-state index contributed by atoms with van der Waals surface area (Å²) in [4.78, 5) is 37.5. The number of benzene rings is 2. The topological polar surface area (TPSA) is 106 Å². The molecule has 0 aliphatic heterocycles. The summed E-state index contributed by atoms with van der Waals surface area (Å²) in [5.41, 5.74) is 0.485. The van der Waals surface area contributed by atoms with Gasteiger partial charge in [-0.1, -0.05) is 60.7 Å². The van der Waals surface area contributed by atoms with E-state index in [1.165, 1.54) is 0 Å². The largest absolute Gasteiger partial charge is 0.445 e. The van der Waals surface area contributed by atoms with E-state index in [4.69, 9.17) is 9.47 Å². The lowest BCUT2D eigenvalue weighted by molar-refractivity contribution is -0.125. The van der Waals surface area contributed by atoms with E-state index in [2.05, 4.69) is 16.0 Å². The van der Waals surface area contributed by atoms with Crippen LogP contribution in [-0.2, 0) is 26.4 Å². The summed E-state index contributed by atoms with van der Waals surface area (Å²) in [7, 11) is 0. The zero-order valence-electron chi connectivity index (χ0n) is 21.2. The van der Waals surface area contributed by atoms with E-state index in [1.54, 1.807) is 20.8 Å². The molecule has 0 heterocycles. The normalized spacial score (nSPS) is 12.3. The first-order valence-electron chi connectivity index (χ1n) is 11.8. The van der Waals surface area contributed by atoms with E-state index in [0.29, 0.717) is 12.8 Å². The molecule has 0 bridgehead atoms. The third-order valence-corrected chi connectivity index (χ3v) is 5.09. The molecule has 0 unspecified atom stereocenters. The molecule has 0 aliphatic rings. The van der Waals surface area contributed by atoms with E-state index >= 15 is 0 Å². The Kier molecular flexibility index (Phi) is 10.1. The van der Waals surface area contributed by atoms with Gasteiger partial charge >= 0.3 is 12.2 Å². The first kappa shape index (κ1) is 27.7. The summed E-state index contributed by atoms with van der Waals surface area (Å²) in [5, 5.41) is 8.35. The number of alkyl carbamates (subject to hydrolysis) is 2. The van der Waals surface area contributed by atoms with Gasteiger partial charge in [-0.25, -0.2) is 9.59 Å². The van der Waals surface area contributed by atoms with Crippen LogP contribution in [0.25, 0.3) is 0 Å². The van der Waals surface area contributed by atoms with Gasteiger partial charge in [0, 0.05) is 6.54 Å². The third kappa shape index (κ3) is 10.5. The van der Waals surface area contributed by atoms with Crippen molar-refractivity contribution in [1.29, 1.82) is 0 Å². The molecule has 1 atom stereocenters. The van der Waals surface area contributed by atoms with Crippen LogP contribution < -0.4 is 16.0 Å². The molecule has 8 nitrogen and oxygen atoms in total. The van der Waals surface area contributed by atoms with Gasteiger partial charge in [0.05, 0.1) is 5.54 Å². The quantitative estimate of drug-likeness (QED) is 0.427. The standard InChI is InChI=1S/C27H37N3O5/c1-26(2,3)35-25(33)29-22(23(31)30-27(4,5)21-15-10-7-11-16-21)17-12-18-28-24(32)34-19-20-13-8-6-9-14-20/h6-11,13-16,22H,12,17-19H2,1-5H3,(H,28,32)(H,29,33)(H,30,31)/t22-/m1/s1. The van der Waals surface area contributed by atoms with Gasteiger partial charge in [0.15, 0.2) is 0 Å². The molecule has 0 fully saturated rings. The van der Waals surface area contributed by atoms with Gasteiger partial charge < -0.3 is 25.4 Å². The Morgan fingerprint density at radius 3 is 2.06 bits per heavy atom. The second-order valence-corrected chi connectivity index (χ2v) is 9.81. The van der Waals surface area contributed by atoms with Gasteiger partial charge in [-0.3, -0.25) is 4.79 Å². The summed E-state index contributed by atoms with van der Waals surface area (Å²) in [6, 6.07) is 18.1. The van der Waals surface area contributed by atoms with Crippen LogP contribution in [-0.4, -0.2) is 36.3 Å². The van der Waals surface area contributed by atoms with Crippen molar-refractivity contribution in [2.75, 3.05) is 6.54 Å². The van der Waals surface area contributed by atoms with Crippen molar-refractivity contribution in [2.24, 2.45) is 0 Å². The average Bonchev–Trinajstić information content (AvgIpc) is 2.79. The SMILES string of the molecule is CC(C)(C)OC(=O)N[C@H](CCCNC(=O)OCc1ccccc1)C(=O)NC(C)(C)c1ccccc1. The summed E-state index contributed by atoms with van der Waals surface area (Å²) < 4.78 is 10.5. The Balaban J connectivity index is 1.91. The number of amides is 3. The Labute approximate surface area is 207 Å². The molecule has 35 heavy (non-hydrogen) atoms. The van der Waals surface area contributed by atoms with Gasteiger partial charge in [0.25, 0.3) is 0 Å². The van der Waals surface area contributed by atoms with Gasteiger partial charge in [0.1, 0.15) is 18.2 Å². The maximum absolute atomic E-state index is 13.1. The molecular weight excluding hydrogens is 446 g/mol. The fraction of sp³-hybridized carbons (Fsp3) is 0.444. The highest BCUT2D eigenvalue weighted by Crippen LogP contribution is 2.20. The van der Waals surface area contributed by atoms with Crippen LogP contribution in [0.5, 0.6) is 0 Å². The summed E-state index contributed by atoms with van der Waals surface area (Å²) >= 11 is 0. The lowest BCUT2D eigenvalue weighted by Crippen LogP contribution is -2.52. The van der Waals surface area contributed by atoms with Crippen LogP contribution >= 0.6 is 0 Å². The molecule has 2 rings (SSSR count). The number of ether oxygens (including phenoxy) is 2. The van der Waals surface area contributed by atoms with Crippen LogP contribution in [0.2, 0.25) is 0 Å². The second-order valence-electron chi connectivity index (χ2n) is 9.81. The molecule has 0 spiro atoms. The van der Waals surface area contributed by atoms with Crippen LogP contribution in [0.1, 0.15) is 58.6 Å². The summed E-state index contributed by atoms with van der Waals surface area (Å²) in [5.74, 6) is -0.337. The maximum Gasteiger partial charge on any atom is 0.408 e. The predicted octanol–water partition coefficient (Wildman–Crippen LogP) is 4.64. The van der Waals surface area contributed by atoms with E-state index in [0.717, 1.165) is 11.1 Å². The highest BCUT2D eigenvalue weighted by molar-refractivity contribution is 5.86. The average molecular weight is 484 g/mol. The first-order chi connectivity index (χ1) is 16.5. The van der Waals surface area contributed by atoms with Crippen molar-refractivity contribution < 1.29 is 23.9 Å². The van der Waals surface area contributed by atoms with Gasteiger partial charge in [0.2, 0.25) is 5.91 Å². The zero-order valence-corrected chi connectivity index (χ0v) is 21.2. The maximum atomic E-state index is 13.1. The predicted molar refractivity (Wildman–Crippen MR) is 135 cm³/mol. The number of hydrogen-bond donors (Lipinski definition) is 3. The fourth-order valence-electron chi connectivity index (χ4n) is 3.31. The molecule has 0 saturated heterocycles. The molecule has 2 aromatic carbocycles. The molecule has 0 aliphatic carbocycles. The van der Waals surface area contributed by atoms with Crippen LogP contribution in [0.3, 0.4) is 0 Å². The minimum absolute atomic E-state index is 0.173. The molecular formula is C27H37N3O5. The monoisotopic (exact) mass is 483 g/mol. The van der Waals surface area contributed by atoms with Gasteiger partial charge in [-0.2, -0.15) is 0 Å². The first-order valence-corrected chi connectivity index (χ1v) is 11.8. The van der Waals surface area contributed by atoms with Gasteiger partial charge in [-0.05, 0) is 58.6 Å². The molecule has 0 saturated carbocycles. The molecule has 0 aromatic heterocycles. The zero-order chi connectivity index (χ0) is 25.9. The summed E-state index contributed by atoms with van der Waals surface area (Å²) in [6.45, 7) is 9.52. The Hall–Kier alpha value is -3.55. The highest BCUT2D eigenvalue weighted by Gasteiger charge is 2.29. The molecule has 3 amide bonds. The summed E-state index contributed by atoms with van der Waals surface area (Å²) in [6.07, 6.45) is -0.472. The third-order valence-electron chi connectivity index (χ3n) is 5.09. The van der Waals surface area contributed by atoms with Crippen molar-refractivity contribution in [3.05, 3.63) is 71.8 Å². The van der Waals surface area contributed by atoms with Gasteiger partial charge in [-0.15, -0.1) is 0 Å². The second kappa shape index (κ2) is 12.8. The Bertz CT molecular complexity index is 956. The van der Waals surface area contributed by atoms with Crippen molar-refractivity contribution in [1.82, 2.24) is 16.0 Å². The molecule has 8 heteroatoms. The minimum atomic E-state index is -0.838. The molecule has 0 radical (unpaired) electrons. The number of carbonyl (C=O) groups is 3. The Morgan fingerprint density at radius 1 is 0.857 bits per heavy atom. The van der Waals surface area contributed by atoms with Crippen molar-refractivity contribution in [3.63, 3.8) is 0 Å².